The summed E-state index contributed by atoms with van der Waals surface area (Å²) in [5.41, 5.74) is 3.29. The molecule has 1 aliphatic heterocycles. The minimum absolute atomic E-state index is 0.0250. The van der Waals surface area contributed by atoms with Crippen molar-refractivity contribution >= 4 is 28.9 Å². The highest BCUT2D eigenvalue weighted by atomic mass is 32.1. The number of hydrogen-bond donors (Lipinski definition) is 2. The summed E-state index contributed by atoms with van der Waals surface area (Å²) in [7, 11) is 0. The number of rotatable bonds is 5. The van der Waals surface area contributed by atoms with Crippen LogP contribution in [0.2, 0.25) is 0 Å². The smallest absolute Gasteiger partial charge is 0.248 e. The van der Waals surface area contributed by atoms with Crippen LogP contribution >= 0.6 is 11.3 Å². The number of nitrogens with one attached hydrogen (secondary N) is 2. The lowest BCUT2D eigenvalue weighted by Crippen LogP contribution is -2.38. The van der Waals surface area contributed by atoms with Crippen LogP contribution in [0.5, 0.6) is 0 Å². The third-order valence-electron chi connectivity index (χ3n) is 4.32. The largest absolute Gasteiger partial charge is 0.357 e. The van der Waals surface area contributed by atoms with E-state index in [9.17, 15) is 4.79 Å². The zero-order chi connectivity index (χ0) is 18.5. The molecular formula is C19H25N5OS. The maximum Gasteiger partial charge on any atom is 0.248 e. The maximum absolute atomic E-state index is 12.6. The second-order valence-electron chi connectivity index (χ2n) is 6.21. The Kier molecular flexibility index (Phi) is 5.88. The predicted octanol–water partition coefficient (Wildman–Crippen LogP) is 2.40. The highest BCUT2D eigenvalue weighted by molar-refractivity contribution is 7.11. The summed E-state index contributed by atoms with van der Waals surface area (Å²) in [5.74, 6) is 0.677. The predicted molar refractivity (Wildman–Crippen MR) is 107 cm³/mol. The van der Waals surface area contributed by atoms with Crippen molar-refractivity contribution in [1.82, 2.24) is 15.6 Å². The van der Waals surface area contributed by atoms with Crippen LogP contribution in [-0.4, -0.2) is 36.5 Å². The summed E-state index contributed by atoms with van der Waals surface area (Å²) in [6.07, 6.45) is 0.911. The van der Waals surface area contributed by atoms with Gasteiger partial charge in [-0.05, 0) is 38.8 Å². The van der Waals surface area contributed by atoms with E-state index in [1.807, 2.05) is 43.9 Å². The van der Waals surface area contributed by atoms with Gasteiger partial charge in [0.1, 0.15) is 6.54 Å². The lowest BCUT2D eigenvalue weighted by Gasteiger charge is -2.17. The minimum atomic E-state index is 0.0250. The minimum Gasteiger partial charge on any atom is -0.357 e. The molecule has 2 N–H and O–H groups in total. The highest BCUT2D eigenvalue weighted by Crippen LogP contribution is 2.27. The van der Waals surface area contributed by atoms with Crippen LogP contribution in [0.15, 0.2) is 29.3 Å². The van der Waals surface area contributed by atoms with E-state index < -0.39 is 0 Å². The first kappa shape index (κ1) is 18.4. The summed E-state index contributed by atoms with van der Waals surface area (Å²) >= 11 is 1.68. The number of aliphatic imine (C=N–C) groups is 1. The Morgan fingerprint density at radius 2 is 2.12 bits per heavy atom. The van der Waals surface area contributed by atoms with E-state index in [1.54, 1.807) is 11.3 Å². The molecule has 1 amide bonds. The Labute approximate surface area is 158 Å². The van der Waals surface area contributed by atoms with Crippen molar-refractivity contribution in [3.05, 3.63) is 45.4 Å². The number of anilines is 1. The van der Waals surface area contributed by atoms with Crippen molar-refractivity contribution < 1.29 is 4.79 Å². The van der Waals surface area contributed by atoms with Gasteiger partial charge in [0.25, 0.3) is 0 Å². The molecule has 1 aromatic heterocycles. The van der Waals surface area contributed by atoms with Crippen LogP contribution in [0, 0.1) is 13.8 Å². The normalized spacial score (nSPS) is 13.7. The molecule has 1 aromatic carbocycles. The molecule has 138 valence electrons. The first-order valence-corrected chi connectivity index (χ1v) is 9.73. The fraction of sp³-hybridized carbons (Fsp3) is 0.421. The molecular weight excluding hydrogens is 346 g/mol. The van der Waals surface area contributed by atoms with Gasteiger partial charge in [0.2, 0.25) is 5.91 Å². The number of para-hydroxylation sites is 1. The van der Waals surface area contributed by atoms with Crippen LogP contribution in [-0.2, 0) is 17.8 Å². The Morgan fingerprint density at radius 3 is 2.85 bits per heavy atom. The van der Waals surface area contributed by atoms with Crippen LogP contribution in [0.3, 0.4) is 0 Å². The number of nitrogens with zero attached hydrogens (tertiary/aromatic N) is 3. The van der Waals surface area contributed by atoms with E-state index >= 15 is 0 Å². The third-order valence-corrected chi connectivity index (χ3v) is 5.39. The lowest BCUT2D eigenvalue weighted by atomic mass is 10.2. The van der Waals surface area contributed by atoms with Crippen molar-refractivity contribution in [3.8, 4) is 0 Å². The summed E-state index contributed by atoms with van der Waals surface area (Å²) in [6.45, 7) is 8.29. The van der Waals surface area contributed by atoms with Crippen molar-refractivity contribution in [2.45, 2.75) is 33.7 Å². The molecule has 2 aromatic rings. The summed E-state index contributed by atoms with van der Waals surface area (Å²) in [4.78, 5) is 24.5. The molecule has 0 fully saturated rings. The van der Waals surface area contributed by atoms with Crippen molar-refractivity contribution in [3.63, 3.8) is 0 Å². The topological polar surface area (TPSA) is 69.6 Å². The van der Waals surface area contributed by atoms with E-state index in [-0.39, 0.29) is 12.5 Å². The molecule has 26 heavy (non-hydrogen) atoms. The standard InChI is InChI=1S/C19H25N5OS/c1-4-20-19(21-11-17-13(2)23-14(3)26-17)22-12-18(25)24-10-9-15-7-5-6-8-16(15)24/h5-8H,4,9-12H2,1-3H3,(H2,20,21,22). The Balaban J connectivity index is 1.62. The number of benzene rings is 1. The van der Waals surface area contributed by atoms with Crippen LogP contribution in [0.4, 0.5) is 5.69 Å². The lowest BCUT2D eigenvalue weighted by molar-refractivity contribution is -0.117. The van der Waals surface area contributed by atoms with Crippen molar-refractivity contribution in [2.75, 3.05) is 24.5 Å². The molecule has 2 heterocycles. The quantitative estimate of drug-likeness (QED) is 0.626. The molecule has 0 radical (unpaired) electrons. The van der Waals surface area contributed by atoms with Crippen LogP contribution in [0.1, 0.15) is 28.1 Å². The monoisotopic (exact) mass is 371 g/mol. The fourth-order valence-electron chi connectivity index (χ4n) is 3.07. The van der Waals surface area contributed by atoms with Crippen LogP contribution < -0.4 is 15.5 Å². The van der Waals surface area contributed by atoms with E-state index in [1.165, 1.54) is 10.4 Å². The van der Waals surface area contributed by atoms with Gasteiger partial charge < -0.3 is 15.5 Å². The summed E-state index contributed by atoms with van der Waals surface area (Å²) in [5, 5.41) is 7.55. The van der Waals surface area contributed by atoms with Gasteiger partial charge in [-0.25, -0.2) is 9.98 Å². The molecule has 7 heteroatoms. The van der Waals surface area contributed by atoms with E-state index in [2.05, 4.69) is 26.7 Å². The molecule has 0 aliphatic carbocycles. The number of aryl methyl sites for hydroxylation is 2. The number of guanidine groups is 1. The number of hydrogen-bond acceptors (Lipinski definition) is 4. The van der Waals surface area contributed by atoms with Gasteiger partial charge in [0.05, 0.1) is 17.2 Å². The summed E-state index contributed by atoms with van der Waals surface area (Å²) in [6, 6.07) is 8.07. The summed E-state index contributed by atoms with van der Waals surface area (Å²) < 4.78 is 0. The Hall–Kier alpha value is -2.41. The van der Waals surface area contributed by atoms with E-state index in [0.717, 1.165) is 35.9 Å². The molecule has 0 atom stereocenters. The second-order valence-corrected chi connectivity index (χ2v) is 7.50. The highest BCUT2D eigenvalue weighted by Gasteiger charge is 2.23. The number of amides is 1. The molecule has 0 saturated heterocycles. The first-order valence-electron chi connectivity index (χ1n) is 8.92. The van der Waals surface area contributed by atoms with E-state index in [0.29, 0.717) is 12.5 Å². The molecule has 0 unspecified atom stereocenters. The number of thiazole rings is 1. The van der Waals surface area contributed by atoms with Gasteiger partial charge in [-0.2, -0.15) is 0 Å². The first-order chi connectivity index (χ1) is 12.6. The molecule has 1 aliphatic rings. The third kappa shape index (κ3) is 4.22. The zero-order valence-corrected chi connectivity index (χ0v) is 16.3. The molecule has 0 saturated carbocycles. The molecule has 0 spiro atoms. The second kappa shape index (κ2) is 8.31. The van der Waals surface area contributed by atoms with E-state index in [4.69, 9.17) is 0 Å². The number of aromatic nitrogens is 1. The molecule has 6 nitrogen and oxygen atoms in total. The van der Waals surface area contributed by atoms with Gasteiger partial charge in [-0.15, -0.1) is 11.3 Å². The zero-order valence-electron chi connectivity index (χ0n) is 15.5. The van der Waals surface area contributed by atoms with Gasteiger partial charge in [-0.3, -0.25) is 4.79 Å². The number of carbonyl (C=O) groups excluding carboxylic acids is 1. The van der Waals surface area contributed by atoms with Crippen LogP contribution in [0.25, 0.3) is 0 Å². The van der Waals surface area contributed by atoms with Gasteiger partial charge in [-0.1, -0.05) is 18.2 Å². The number of fused-ring (bicyclic) bond motifs is 1. The SMILES string of the molecule is CCNC(=NCC(=O)N1CCc2ccccc21)NCc1sc(C)nc1C. The average Bonchev–Trinajstić information content (AvgIpc) is 3.20. The van der Waals surface area contributed by atoms with Gasteiger partial charge in [0, 0.05) is 23.7 Å². The Bertz CT molecular complexity index is 814. The van der Waals surface area contributed by atoms with Crippen molar-refractivity contribution in [1.29, 1.82) is 0 Å². The fourth-order valence-corrected chi connectivity index (χ4v) is 3.95. The van der Waals surface area contributed by atoms with Crippen molar-refractivity contribution in [2.24, 2.45) is 4.99 Å². The molecule has 3 rings (SSSR count). The average molecular weight is 372 g/mol. The Morgan fingerprint density at radius 1 is 1.31 bits per heavy atom. The van der Waals surface area contributed by atoms with Gasteiger partial charge >= 0.3 is 0 Å². The van der Waals surface area contributed by atoms with Gasteiger partial charge in [0.15, 0.2) is 5.96 Å². The maximum atomic E-state index is 12.6. The number of carbonyl (C=O) groups is 1. The molecule has 0 bridgehead atoms.